The van der Waals surface area contributed by atoms with Crippen LogP contribution in [-0.4, -0.2) is 91.9 Å². The first kappa shape index (κ1) is 30.4. The first-order chi connectivity index (χ1) is 16.3. The summed E-state index contributed by atoms with van der Waals surface area (Å²) in [6, 6.07) is 7.83. The molecule has 1 saturated heterocycles. The molecule has 1 aliphatic heterocycles. The number of nitrogens with zero attached hydrogens (tertiary/aromatic N) is 2. The normalized spacial score (nSPS) is 14.1. The topological polar surface area (TPSA) is 99.2 Å². The third-order valence-electron chi connectivity index (χ3n) is 5.37. The van der Waals surface area contributed by atoms with E-state index in [0.717, 1.165) is 32.6 Å². The van der Waals surface area contributed by atoms with Crippen LogP contribution in [0.1, 0.15) is 49.5 Å². The second-order valence-electron chi connectivity index (χ2n) is 9.15. The van der Waals surface area contributed by atoms with E-state index < -0.39 is 12.1 Å². The lowest BCUT2D eigenvalue weighted by Crippen LogP contribution is -2.47. The number of alkyl halides is 3. The number of amides is 2. The molecule has 35 heavy (non-hydrogen) atoms. The van der Waals surface area contributed by atoms with Crippen LogP contribution in [0.25, 0.3) is 0 Å². The Morgan fingerprint density at radius 1 is 1.06 bits per heavy atom. The lowest BCUT2D eigenvalue weighted by Gasteiger charge is -2.29. The predicted molar refractivity (Wildman–Crippen MR) is 125 cm³/mol. The van der Waals surface area contributed by atoms with Crippen LogP contribution >= 0.6 is 0 Å². The van der Waals surface area contributed by atoms with Crippen LogP contribution in [0.15, 0.2) is 24.3 Å². The number of halogens is 3. The van der Waals surface area contributed by atoms with Gasteiger partial charge in [0.15, 0.2) is 0 Å². The number of rotatable bonds is 8. The van der Waals surface area contributed by atoms with Crippen LogP contribution in [0.5, 0.6) is 0 Å². The fourth-order valence-corrected chi connectivity index (χ4v) is 3.31. The Bertz CT molecular complexity index is 817. The molecule has 1 aromatic rings. The Labute approximate surface area is 204 Å². The summed E-state index contributed by atoms with van der Waals surface area (Å²) in [5, 5.41) is 10.4. The van der Waals surface area contributed by atoms with E-state index in [4.69, 9.17) is 14.6 Å². The van der Waals surface area contributed by atoms with Crippen molar-refractivity contribution in [3.8, 4) is 0 Å². The number of ether oxygens (including phenoxy) is 1. The maximum atomic E-state index is 13.0. The lowest BCUT2D eigenvalue weighted by molar-refractivity contribution is -0.192. The molecule has 2 amide bonds. The lowest BCUT2D eigenvalue weighted by atomic mass is 9.86. The molecule has 2 N–H and O–H groups in total. The Hall–Kier alpha value is -2.66. The summed E-state index contributed by atoms with van der Waals surface area (Å²) in [5.41, 5.74) is 1.92. The van der Waals surface area contributed by atoms with Gasteiger partial charge >= 0.3 is 12.1 Å². The van der Waals surface area contributed by atoms with Gasteiger partial charge in [-0.15, -0.1) is 0 Å². The van der Waals surface area contributed by atoms with Crippen molar-refractivity contribution in [3.05, 3.63) is 35.4 Å². The van der Waals surface area contributed by atoms with Crippen molar-refractivity contribution >= 4 is 17.8 Å². The number of carbonyl (C=O) groups excluding carboxylic acids is 2. The minimum Gasteiger partial charge on any atom is -0.475 e. The minimum absolute atomic E-state index is 0.0235. The summed E-state index contributed by atoms with van der Waals surface area (Å²) in [7, 11) is 1.66. The molecule has 1 fully saturated rings. The number of carbonyl (C=O) groups is 3. The Balaban J connectivity index is 0.000000762. The van der Waals surface area contributed by atoms with E-state index in [2.05, 4.69) is 26.1 Å². The summed E-state index contributed by atoms with van der Waals surface area (Å²) >= 11 is 0. The number of piperazine rings is 1. The molecule has 0 bridgehead atoms. The second kappa shape index (κ2) is 14.0. The van der Waals surface area contributed by atoms with Gasteiger partial charge in [-0.1, -0.05) is 32.9 Å². The molecule has 0 spiro atoms. The molecule has 11 heteroatoms. The van der Waals surface area contributed by atoms with Gasteiger partial charge < -0.3 is 25.0 Å². The van der Waals surface area contributed by atoms with Gasteiger partial charge in [0.05, 0.1) is 0 Å². The molecule has 0 radical (unpaired) electrons. The highest BCUT2D eigenvalue weighted by molar-refractivity contribution is 5.94. The van der Waals surface area contributed by atoms with Crippen LogP contribution < -0.4 is 5.32 Å². The third-order valence-corrected chi connectivity index (χ3v) is 5.37. The van der Waals surface area contributed by atoms with E-state index in [9.17, 15) is 22.8 Å². The molecule has 0 unspecified atom stereocenters. The number of carboxylic acids is 1. The Morgan fingerprint density at radius 3 is 2.06 bits per heavy atom. The Kier molecular flexibility index (Phi) is 12.2. The van der Waals surface area contributed by atoms with Crippen LogP contribution in [0, 0.1) is 0 Å². The number of aliphatic carboxylic acids is 1. The molecule has 1 aliphatic rings. The summed E-state index contributed by atoms with van der Waals surface area (Å²) in [6.45, 7) is 11.2. The van der Waals surface area contributed by atoms with E-state index in [1.54, 1.807) is 12.0 Å². The van der Waals surface area contributed by atoms with Crippen molar-refractivity contribution in [2.75, 3.05) is 53.0 Å². The second-order valence-corrected chi connectivity index (χ2v) is 9.15. The molecule has 1 aromatic carbocycles. The van der Waals surface area contributed by atoms with Crippen LogP contribution in [-0.2, 0) is 19.7 Å². The molecule has 0 aliphatic carbocycles. The van der Waals surface area contributed by atoms with Crippen molar-refractivity contribution < 1.29 is 37.4 Å². The zero-order valence-corrected chi connectivity index (χ0v) is 20.8. The molecule has 198 valence electrons. The van der Waals surface area contributed by atoms with Gasteiger partial charge in [0.1, 0.15) is 0 Å². The predicted octanol–water partition coefficient (Wildman–Crippen LogP) is 2.92. The highest BCUT2D eigenvalue weighted by Crippen LogP contribution is 2.22. The molecule has 8 nitrogen and oxygen atoms in total. The maximum absolute atomic E-state index is 13.0. The highest BCUT2D eigenvalue weighted by Gasteiger charge is 2.38. The first-order valence-electron chi connectivity index (χ1n) is 11.4. The molecule has 1 heterocycles. The average Bonchev–Trinajstić information content (AvgIpc) is 2.80. The number of hydrogen-bond donors (Lipinski definition) is 2. The van der Waals surface area contributed by atoms with Gasteiger partial charge in [-0.05, 0) is 29.5 Å². The number of hydrogen-bond acceptors (Lipinski definition) is 5. The quantitative estimate of drug-likeness (QED) is 0.530. The summed E-state index contributed by atoms with van der Waals surface area (Å²) < 4.78 is 36.9. The highest BCUT2D eigenvalue weighted by atomic mass is 19.4. The van der Waals surface area contributed by atoms with Crippen molar-refractivity contribution in [1.29, 1.82) is 0 Å². The number of methoxy groups -OCH3 is 1. The van der Waals surface area contributed by atoms with Crippen molar-refractivity contribution in [2.24, 2.45) is 0 Å². The fraction of sp³-hybridized carbons (Fsp3) is 0.625. The standard InChI is InChI=1S/C22H35N3O3.C2HF3O2/c1-22(2,3)19-8-6-18(7-9-19)21(27)25(13-5-17-28-4)14-10-20(26)24-15-11-23-12-16-24;3-2(4,5)1(6)7/h6-9,23H,5,10-17H2,1-4H3;(H,6,7). The molecule has 0 saturated carbocycles. The third kappa shape index (κ3) is 11.1. The first-order valence-corrected chi connectivity index (χ1v) is 11.4. The maximum Gasteiger partial charge on any atom is 0.490 e. The molecule has 0 aromatic heterocycles. The van der Waals surface area contributed by atoms with Crippen molar-refractivity contribution in [1.82, 2.24) is 15.1 Å². The monoisotopic (exact) mass is 503 g/mol. The molecular formula is C24H36F3N3O5. The van der Waals surface area contributed by atoms with Crippen molar-refractivity contribution in [3.63, 3.8) is 0 Å². The fourth-order valence-electron chi connectivity index (χ4n) is 3.31. The minimum atomic E-state index is -5.08. The number of nitrogens with one attached hydrogen (secondary N) is 1. The molecular weight excluding hydrogens is 467 g/mol. The van der Waals surface area contributed by atoms with Gasteiger partial charge in [-0.2, -0.15) is 13.2 Å². The van der Waals surface area contributed by atoms with Gasteiger partial charge in [-0.3, -0.25) is 9.59 Å². The van der Waals surface area contributed by atoms with Gasteiger partial charge in [0.2, 0.25) is 5.91 Å². The van der Waals surface area contributed by atoms with Gasteiger partial charge in [-0.25, -0.2) is 4.79 Å². The van der Waals surface area contributed by atoms with E-state index in [1.807, 2.05) is 29.2 Å². The number of carboxylic acid groups (broad SMARTS) is 1. The SMILES string of the molecule is COCCCN(CCC(=O)N1CCNCC1)C(=O)c1ccc(C(C)(C)C)cc1.O=C(O)C(F)(F)F. The largest absolute Gasteiger partial charge is 0.490 e. The molecule has 2 rings (SSSR count). The van der Waals surface area contributed by atoms with Crippen LogP contribution in [0.3, 0.4) is 0 Å². The zero-order chi connectivity index (χ0) is 26.6. The smallest absolute Gasteiger partial charge is 0.475 e. The summed E-state index contributed by atoms with van der Waals surface area (Å²) in [5.74, 6) is -2.66. The van der Waals surface area contributed by atoms with E-state index in [1.165, 1.54) is 5.56 Å². The van der Waals surface area contributed by atoms with E-state index in [-0.39, 0.29) is 17.2 Å². The summed E-state index contributed by atoms with van der Waals surface area (Å²) in [4.78, 5) is 38.1. The van der Waals surface area contributed by atoms with E-state index >= 15 is 0 Å². The van der Waals surface area contributed by atoms with Gasteiger partial charge in [0.25, 0.3) is 5.91 Å². The zero-order valence-electron chi connectivity index (χ0n) is 20.8. The van der Waals surface area contributed by atoms with Crippen LogP contribution in [0.2, 0.25) is 0 Å². The number of benzene rings is 1. The van der Waals surface area contributed by atoms with Gasteiger partial charge in [0, 0.05) is 65.0 Å². The molecule has 0 atom stereocenters. The average molecular weight is 504 g/mol. The summed E-state index contributed by atoms with van der Waals surface area (Å²) in [6.07, 6.45) is -3.97. The Morgan fingerprint density at radius 2 is 1.60 bits per heavy atom. The van der Waals surface area contributed by atoms with E-state index in [0.29, 0.717) is 31.7 Å². The van der Waals surface area contributed by atoms with Crippen molar-refractivity contribution in [2.45, 2.75) is 45.2 Å². The van der Waals surface area contributed by atoms with Crippen LogP contribution in [0.4, 0.5) is 13.2 Å².